The molecule has 0 fully saturated rings. The number of benzene rings is 1. The second kappa shape index (κ2) is 6.24. The smallest absolute Gasteiger partial charge is 0.120 e. The van der Waals surface area contributed by atoms with Crippen LogP contribution in [0.4, 0.5) is 0 Å². The van der Waals surface area contributed by atoms with Crippen LogP contribution < -0.4 is 10.1 Å². The first-order valence-corrected chi connectivity index (χ1v) is 7.25. The molecule has 0 spiro atoms. The largest absolute Gasteiger partial charge is 0.490 e. The first-order valence-electron chi connectivity index (χ1n) is 7.25. The van der Waals surface area contributed by atoms with Crippen molar-refractivity contribution in [1.29, 1.82) is 0 Å². The van der Waals surface area contributed by atoms with Crippen molar-refractivity contribution < 1.29 is 4.74 Å². The summed E-state index contributed by atoms with van der Waals surface area (Å²) < 4.78 is 6.03. The average molecular weight is 247 g/mol. The number of hydrogen-bond donors (Lipinski definition) is 1. The van der Waals surface area contributed by atoms with Crippen molar-refractivity contribution in [2.75, 3.05) is 7.05 Å². The lowest BCUT2D eigenvalue weighted by Crippen LogP contribution is -2.21. The summed E-state index contributed by atoms with van der Waals surface area (Å²) >= 11 is 0. The molecule has 0 radical (unpaired) electrons. The molecule has 0 saturated heterocycles. The SMILES string of the molecule is CCC(CC)Oc1ccc2c(c1)CCCC2NC. The van der Waals surface area contributed by atoms with E-state index in [1.54, 1.807) is 0 Å². The molecule has 0 heterocycles. The second-order valence-electron chi connectivity index (χ2n) is 5.15. The molecule has 1 N–H and O–H groups in total. The van der Waals surface area contributed by atoms with Crippen LogP contribution in [0.5, 0.6) is 5.75 Å². The van der Waals surface area contributed by atoms with E-state index in [1.165, 1.54) is 30.4 Å². The minimum atomic E-state index is 0.353. The molecule has 2 heteroatoms. The van der Waals surface area contributed by atoms with Crippen LogP contribution in [0.3, 0.4) is 0 Å². The van der Waals surface area contributed by atoms with Gasteiger partial charge < -0.3 is 10.1 Å². The van der Waals surface area contributed by atoms with E-state index in [0.717, 1.165) is 18.6 Å². The molecular weight excluding hydrogens is 222 g/mol. The molecule has 1 aliphatic carbocycles. The topological polar surface area (TPSA) is 21.3 Å². The highest BCUT2D eigenvalue weighted by atomic mass is 16.5. The minimum Gasteiger partial charge on any atom is -0.490 e. The normalized spacial score (nSPS) is 18.8. The van der Waals surface area contributed by atoms with Gasteiger partial charge in [-0.3, -0.25) is 0 Å². The number of aryl methyl sites for hydroxylation is 1. The molecule has 1 atom stereocenters. The fourth-order valence-corrected chi connectivity index (χ4v) is 2.81. The predicted octanol–water partition coefficient (Wildman–Crippen LogP) is 3.85. The van der Waals surface area contributed by atoms with Crippen molar-refractivity contribution in [3.8, 4) is 5.75 Å². The first kappa shape index (κ1) is 13.4. The van der Waals surface area contributed by atoms with Crippen molar-refractivity contribution in [2.24, 2.45) is 0 Å². The molecule has 1 aromatic rings. The number of rotatable bonds is 5. The van der Waals surface area contributed by atoms with Crippen LogP contribution in [-0.4, -0.2) is 13.2 Å². The fourth-order valence-electron chi connectivity index (χ4n) is 2.81. The van der Waals surface area contributed by atoms with Gasteiger partial charge in [-0.05, 0) is 62.4 Å². The van der Waals surface area contributed by atoms with Crippen LogP contribution in [-0.2, 0) is 6.42 Å². The monoisotopic (exact) mass is 247 g/mol. The van der Waals surface area contributed by atoms with E-state index in [0.29, 0.717) is 12.1 Å². The van der Waals surface area contributed by atoms with Crippen molar-refractivity contribution in [1.82, 2.24) is 5.32 Å². The summed E-state index contributed by atoms with van der Waals surface area (Å²) in [7, 11) is 2.05. The summed E-state index contributed by atoms with van der Waals surface area (Å²) in [4.78, 5) is 0. The molecule has 100 valence electrons. The van der Waals surface area contributed by atoms with E-state index in [4.69, 9.17) is 4.74 Å². The third-order valence-electron chi connectivity index (χ3n) is 3.99. The highest BCUT2D eigenvalue weighted by Gasteiger charge is 2.19. The molecule has 0 aliphatic heterocycles. The van der Waals surface area contributed by atoms with Crippen LogP contribution in [0.2, 0.25) is 0 Å². The summed E-state index contributed by atoms with van der Waals surface area (Å²) in [6.45, 7) is 4.37. The standard InChI is InChI=1S/C16H25NO/c1-4-13(5-2)18-14-9-10-15-12(11-14)7-6-8-16(15)17-3/h9-11,13,16-17H,4-8H2,1-3H3. The molecule has 0 amide bonds. The van der Waals surface area contributed by atoms with Gasteiger partial charge in [-0.25, -0.2) is 0 Å². The third kappa shape index (κ3) is 2.86. The zero-order valence-corrected chi connectivity index (χ0v) is 11.8. The molecule has 18 heavy (non-hydrogen) atoms. The van der Waals surface area contributed by atoms with Crippen LogP contribution in [0, 0.1) is 0 Å². The molecule has 1 aliphatic rings. The van der Waals surface area contributed by atoms with Crippen molar-refractivity contribution in [3.05, 3.63) is 29.3 Å². The van der Waals surface area contributed by atoms with Gasteiger partial charge in [0.05, 0.1) is 6.10 Å². The lowest BCUT2D eigenvalue weighted by molar-refractivity contribution is 0.192. The van der Waals surface area contributed by atoms with Gasteiger partial charge in [0, 0.05) is 6.04 Å². The average Bonchev–Trinajstić information content (AvgIpc) is 2.43. The van der Waals surface area contributed by atoms with Crippen LogP contribution in [0.15, 0.2) is 18.2 Å². The maximum atomic E-state index is 6.03. The van der Waals surface area contributed by atoms with Crippen LogP contribution >= 0.6 is 0 Å². The van der Waals surface area contributed by atoms with Crippen LogP contribution in [0.1, 0.15) is 56.7 Å². The summed E-state index contributed by atoms with van der Waals surface area (Å²) in [6, 6.07) is 7.15. The van der Waals surface area contributed by atoms with E-state index in [-0.39, 0.29) is 0 Å². The van der Waals surface area contributed by atoms with Gasteiger partial charge in [-0.2, -0.15) is 0 Å². The van der Waals surface area contributed by atoms with E-state index in [2.05, 4.69) is 37.4 Å². The highest BCUT2D eigenvalue weighted by Crippen LogP contribution is 2.32. The highest BCUT2D eigenvalue weighted by molar-refractivity contribution is 5.39. The van der Waals surface area contributed by atoms with Crippen molar-refractivity contribution >= 4 is 0 Å². The maximum Gasteiger partial charge on any atom is 0.120 e. The maximum absolute atomic E-state index is 6.03. The Morgan fingerprint density at radius 3 is 2.78 bits per heavy atom. The van der Waals surface area contributed by atoms with Crippen molar-refractivity contribution in [3.63, 3.8) is 0 Å². The van der Waals surface area contributed by atoms with Gasteiger partial charge in [-0.15, -0.1) is 0 Å². The molecule has 2 rings (SSSR count). The Labute approximate surface area is 111 Å². The second-order valence-corrected chi connectivity index (χ2v) is 5.15. The lowest BCUT2D eigenvalue weighted by atomic mass is 9.87. The van der Waals surface area contributed by atoms with Gasteiger partial charge >= 0.3 is 0 Å². The van der Waals surface area contributed by atoms with Gasteiger partial charge in [0.2, 0.25) is 0 Å². The lowest BCUT2D eigenvalue weighted by Gasteiger charge is -2.26. The fraction of sp³-hybridized carbons (Fsp3) is 0.625. The van der Waals surface area contributed by atoms with Crippen LogP contribution in [0.25, 0.3) is 0 Å². The summed E-state index contributed by atoms with van der Waals surface area (Å²) in [5.74, 6) is 1.04. The molecule has 1 unspecified atom stereocenters. The quantitative estimate of drug-likeness (QED) is 0.853. The van der Waals surface area contributed by atoms with Gasteiger partial charge in [0.1, 0.15) is 5.75 Å². The predicted molar refractivity (Wildman–Crippen MR) is 76.2 cm³/mol. The Morgan fingerprint density at radius 2 is 2.11 bits per heavy atom. The van der Waals surface area contributed by atoms with E-state index < -0.39 is 0 Å². The summed E-state index contributed by atoms with van der Waals surface area (Å²) in [6.07, 6.45) is 6.21. The number of fused-ring (bicyclic) bond motifs is 1. The molecule has 0 saturated carbocycles. The Balaban J connectivity index is 2.16. The first-order chi connectivity index (χ1) is 8.78. The zero-order chi connectivity index (χ0) is 13.0. The van der Waals surface area contributed by atoms with E-state index in [9.17, 15) is 0 Å². The Bertz CT molecular complexity index is 385. The van der Waals surface area contributed by atoms with Gasteiger partial charge in [0.25, 0.3) is 0 Å². The Kier molecular flexibility index (Phi) is 4.65. The molecular formula is C16H25NO. The summed E-state index contributed by atoms with van der Waals surface area (Å²) in [5, 5.41) is 3.40. The number of nitrogens with one attached hydrogen (secondary N) is 1. The molecule has 2 nitrogen and oxygen atoms in total. The molecule has 0 bridgehead atoms. The third-order valence-corrected chi connectivity index (χ3v) is 3.99. The van der Waals surface area contributed by atoms with E-state index in [1.807, 2.05) is 7.05 Å². The Hall–Kier alpha value is -1.02. The molecule has 1 aromatic carbocycles. The number of hydrogen-bond acceptors (Lipinski definition) is 2. The molecule has 0 aromatic heterocycles. The minimum absolute atomic E-state index is 0.353. The van der Waals surface area contributed by atoms with E-state index >= 15 is 0 Å². The summed E-state index contributed by atoms with van der Waals surface area (Å²) in [5.41, 5.74) is 2.92. The number of ether oxygens (including phenoxy) is 1. The zero-order valence-electron chi connectivity index (χ0n) is 11.8. The Morgan fingerprint density at radius 1 is 1.33 bits per heavy atom. The van der Waals surface area contributed by atoms with Gasteiger partial charge in [0.15, 0.2) is 0 Å². The van der Waals surface area contributed by atoms with Gasteiger partial charge in [-0.1, -0.05) is 19.9 Å². The van der Waals surface area contributed by atoms with Crippen molar-refractivity contribution in [2.45, 2.75) is 58.1 Å².